The number of anilines is 1. The zero-order valence-electron chi connectivity index (χ0n) is 21.4. The van der Waals surface area contributed by atoms with Gasteiger partial charge in [-0.25, -0.2) is 13.4 Å². The zero-order valence-corrected chi connectivity index (χ0v) is 22.9. The van der Waals surface area contributed by atoms with Crippen molar-refractivity contribution in [3.05, 3.63) is 88.6 Å². The lowest BCUT2D eigenvalue weighted by Crippen LogP contribution is -2.30. The Kier molecular flexibility index (Phi) is 9.70. The predicted molar refractivity (Wildman–Crippen MR) is 148 cm³/mol. The van der Waals surface area contributed by atoms with Crippen LogP contribution in [-0.2, 0) is 26.6 Å². The van der Waals surface area contributed by atoms with Gasteiger partial charge in [0.25, 0.3) is 0 Å². The molecule has 0 amide bonds. The highest BCUT2D eigenvalue weighted by atomic mass is 35.5. The highest BCUT2D eigenvalue weighted by molar-refractivity contribution is 7.91. The zero-order chi connectivity index (χ0) is 27.1. The van der Waals surface area contributed by atoms with Crippen LogP contribution in [0.15, 0.2) is 71.6 Å². The third kappa shape index (κ3) is 7.77. The molecule has 198 valence electrons. The van der Waals surface area contributed by atoms with Crippen LogP contribution >= 0.6 is 11.6 Å². The van der Waals surface area contributed by atoms with Crippen LogP contribution in [0, 0.1) is 0 Å². The second kappa shape index (κ2) is 12.5. The minimum atomic E-state index is -3.91. The van der Waals surface area contributed by atoms with E-state index in [1.165, 1.54) is 29.8 Å². The van der Waals surface area contributed by atoms with E-state index in [0.717, 1.165) is 24.8 Å². The van der Waals surface area contributed by atoms with E-state index in [9.17, 15) is 13.2 Å². The Balaban J connectivity index is 1.88. The van der Waals surface area contributed by atoms with E-state index in [-0.39, 0.29) is 28.4 Å². The van der Waals surface area contributed by atoms with Gasteiger partial charge in [0, 0.05) is 11.6 Å². The standard InChI is InChI=1S/C28H34ClN3O4S/c1-4-5-17-28(2,3)21-11-9-20(10-12-21)18-31-27(37(35,36)23-15-13-22(29)14-16-23)24-7-6-8-25(32-24)30-19-26(33)34/h6-16,27,31H,4-5,17-19H2,1-3H3,(H,30,32)(H,33,34). The number of carboxylic acid groups (broad SMARTS) is 1. The number of carboxylic acids is 1. The number of aliphatic carboxylic acids is 1. The van der Waals surface area contributed by atoms with Crippen molar-refractivity contribution in [3.63, 3.8) is 0 Å². The van der Waals surface area contributed by atoms with Crippen molar-refractivity contribution in [3.8, 4) is 0 Å². The summed E-state index contributed by atoms with van der Waals surface area (Å²) in [6, 6.07) is 19.1. The van der Waals surface area contributed by atoms with E-state index in [4.69, 9.17) is 16.7 Å². The summed E-state index contributed by atoms with van der Waals surface area (Å²) < 4.78 is 27.3. The molecule has 0 aliphatic carbocycles. The average molecular weight is 544 g/mol. The first-order valence-corrected chi connectivity index (χ1v) is 14.2. The minimum Gasteiger partial charge on any atom is -0.480 e. The first-order valence-electron chi connectivity index (χ1n) is 12.3. The quantitative estimate of drug-likeness (QED) is 0.244. The molecule has 9 heteroatoms. The molecule has 0 radical (unpaired) electrons. The third-order valence-electron chi connectivity index (χ3n) is 6.29. The highest BCUT2D eigenvalue weighted by Gasteiger charge is 2.30. The molecule has 37 heavy (non-hydrogen) atoms. The van der Waals surface area contributed by atoms with Gasteiger partial charge in [-0.15, -0.1) is 0 Å². The van der Waals surface area contributed by atoms with Crippen LogP contribution in [0.3, 0.4) is 0 Å². The predicted octanol–water partition coefficient (Wildman–Crippen LogP) is 5.96. The van der Waals surface area contributed by atoms with E-state index in [0.29, 0.717) is 11.6 Å². The number of carbonyl (C=O) groups is 1. The molecule has 0 saturated heterocycles. The van der Waals surface area contributed by atoms with Gasteiger partial charge in [0.15, 0.2) is 15.2 Å². The van der Waals surface area contributed by atoms with Gasteiger partial charge in [-0.3, -0.25) is 10.1 Å². The summed E-state index contributed by atoms with van der Waals surface area (Å²) in [5, 5.41) is 14.1. The highest BCUT2D eigenvalue weighted by Crippen LogP contribution is 2.30. The monoisotopic (exact) mass is 543 g/mol. The Labute approximate surface area is 224 Å². The molecular formula is C28H34ClN3O4S. The van der Waals surface area contributed by atoms with Crippen LogP contribution in [0.1, 0.15) is 62.2 Å². The summed E-state index contributed by atoms with van der Waals surface area (Å²) in [5.74, 6) is -0.770. The number of sulfone groups is 1. The van der Waals surface area contributed by atoms with Crippen LogP contribution < -0.4 is 10.6 Å². The Morgan fingerprint density at radius 2 is 1.73 bits per heavy atom. The number of pyridine rings is 1. The van der Waals surface area contributed by atoms with Crippen molar-refractivity contribution in [2.24, 2.45) is 0 Å². The smallest absolute Gasteiger partial charge is 0.322 e. The lowest BCUT2D eigenvalue weighted by Gasteiger charge is -2.25. The maximum Gasteiger partial charge on any atom is 0.322 e. The molecule has 7 nitrogen and oxygen atoms in total. The molecule has 1 aromatic heterocycles. The van der Waals surface area contributed by atoms with Crippen molar-refractivity contribution in [1.82, 2.24) is 10.3 Å². The number of halogens is 1. The molecule has 3 aromatic rings. The van der Waals surface area contributed by atoms with Gasteiger partial charge in [-0.2, -0.15) is 0 Å². The topological polar surface area (TPSA) is 108 Å². The molecule has 1 heterocycles. The summed E-state index contributed by atoms with van der Waals surface area (Å²) in [7, 11) is -3.91. The van der Waals surface area contributed by atoms with Gasteiger partial charge in [0.2, 0.25) is 0 Å². The molecule has 2 aromatic carbocycles. The number of nitrogens with one attached hydrogen (secondary N) is 2. The third-order valence-corrected chi connectivity index (χ3v) is 8.50. The van der Waals surface area contributed by atoms with Crippen LogP contribution in [0.25, 0.3) is 0 Å². The van der Waals surface area contributed by atoms with Crippen molar-refractivity contribution in [1.29, 1.82) is 0 Å². The Hall–Kier alpha value is -2.94. The fraction of sp³-hybridized carbons (Fsp3) is 0.357. The normalized spacial score (nSPS) is 12.8. The molecule has 3 N–H and O–H groups in total. The molecule has 3 rings (SSSR count). The number of unbranched alkanes of at least 4 members (excludes halogenated alkanes) is 1. The molecule has 1 unspecified atom stereocenters. The summed E-state index contributed by atoms with van der Waals surface area (Å²) in [5.41, 5.74) is 2.50. The van der Waals surface area contributed by atoms with Gasteiger partial charge < -0.3 is 10.4 Å². The van der Waals surface area contributed by atoms with Crippen LogP contribution in [0.5, 0.6) is 0 Å². The van der Waals surface area contributed by atoms with Gasteiger partial charge in [0.1, 0.15) is 12.4 Å². The molecule has 0 aliphatic rings. The van der Waals surface area contributed by atoms with Crippen molar-refractivity contribution >= 4 is 33.2 Å². The van der Waals surface area contributed by atoms with Gasteiger partial charge in [-0.1, -0.05) is 75.5 Å². The lowest BCUT2D eigenvalue weighted by atomic mass is 9.80. The van der Waals surface area contributed by atoms with E-state index in [1.807, 2.05) is 12.1 Å². The number of nitrogens with zero attached hydrogens (tertiary/aromatic N) is 1. The maximum atomic E-state index is 13.7. The minimum absolute atomic E-state index is 0.0652. The fourth-order valence-corrected chi connectivity index (χ4v) is 5.71. The molecule has 0 aliphatic heterocycles. The fourth-order valence-electron chi connectivity index (χ4n) is 4.04. The second-order valence-electron chi connectivity index (χ2n) is 9.64. The van der Waals surface area contributed by atoms with Gasteiger partial charge in [-0.05, 0) is 59.4 Å². The number of hydrogen-bond acceptors (Lipinski definition) is 6. The van der Waals surface area contributed by atoms with Crippen molar-refractivity contribution < 1.29 is 18.3 Å². The lowest BCUT2D eigenvalue weighted by molar-refractivity contribution is -0.134. The van der Waals surface area contributed by atoms with Crippen LogP contribution in [-0.4, -0.2) is 31.0 Å². The molecule has 0 fully saturated rings. The summed E-state index contributed by atoms with van der Waals surface area (Å²) in [6.07, 6.45) is 3.41. The average Bonchev–Trinajstić information content (AvgIpc) is 2.87. The Bertz CT molecular complexity index is 1290. The summed E-state index contributed by atoms with van der Waals surface area (Å²) in [6.45, 7) is 6.62. The summed E-state index contributed by atoms with van der Waals surface area (Å²) >= 11 is 5.97. The van der Waals surface area contributed by atoms with E-state index >= 15 is 0 Å². The number of benzene rings is 2. The van der Waals surface area contributed by atoms with Gasteiger partial charge >= 0.3 is 5.97 Å². The number of rotatable bonds is 13. The van der Waals surface area contributed by atoms with Crippen LogP contribution in [0.2, 0.25) is 5.02 Å². The van der Waals surface area contributed by atoms with E-state index < -0.39 is 21.2 Å². The molecule has 1 atom stereocenters. The Morgan fingerprint density at radius 1 is 1.05 bits per heavy atom. The molecular weight excluding hydrogens is 510 g/mol. The van der Waals surface area contributed by atoms with E-state index in [1.54, 1.807) is 18.2 Å². The van der Waals surface area contributed by atoms with Crippen molar-refractivity contribution in [2.75, 3.05) is 11.9 Å². The molecule has 0 bridgehead atoms. The summed E-state index contributed by atoms with van der Waals surface area (Å²) in [4.78, 5) is 15.5. The first-order chi connectivity index (χ1) is 17.5. The van der Waals surface area contributed by atoms with Crippen molar-refractivity contribution in [2.45, 2.75) is 62.3 Å². The number of aromatic nitrogens is 1. The van der Waals surface area contributed by atoms with Gasteiger partial charge in [0.05, 0.1) is 10.6 Å². The Morgan fingerprint density at radius 3 is 2.35 bits per heavy atom. The maximum absolute atomic E-state index is 13.7. The SMILES string of the molecule is CCCCC(C)(C)c1ccc(CNC(c2cccc(NCC(=O)O)n2)S(=O)(=O)c2ccc(Cl)cc2)cc1. The second-order valence-corrected chi connectivity index (χ2v) is 12.1. The molecule has 0 saturated carbocycles. The van der Waals surface area contributed by atoms with Crippen LogP contribution in [0.4, 0.5) is 5.82 Å². The largest absolute Gasteiger partial charge is 0.480 e. The first kappa shape index (κ1) is 28.6. The molecule has 0 spiro atoms. The van der Waals surface area contributed by atoms with E-state index in [2.05, 4.69) is 48.5 Å². The number of hydrogen-bond donors (Lipinski definition) is 3.